The van der Waals surface area contributed by atoms with Crippen molar-refractivity contribution in [2.75, 3.05) is 19.6 Å². The molecule has 0 aliphatic rings. The van der Waals surface area contributed by atoms with Gasteiger partial charge in [0.05, 0.1) is 19.6 Å². The molecule has 120 heavy (non-hydrogen) atoms. The number of hydrogen-bond donors (Lipinski definition) is 12. The lowest BCUT2D eigenvalue weighted by Crippen LogP contribution is -2.50. The largest absolute Gasteiger partial charge is 0.673 e. The van der Waals surface area contributed by atoms with E-state index in [1.807, 2.05) is 0 Å². The predicted octanol–water partition coefficient (Wildman–Crippen LogP) is 33.1. The van der Waals surface area contributed by atoms with E-state index in [-0.39, 0.29) is 55.4 Å². The minimum absolute atomic E-state index is 0. The summed E-state index contributed by atoms with van der Waals surface area (Å²) in [7, 11) is -72.0. The van der Waals surface area contributed by atoms with Gasteiger partial charge in [0.1, 0.15) is 0 Å². The standard InChI is InChI=1S/3C16H35N.12BF4.9H3N/c3*1-2-3-4-5-6-7-8-9-10-11-12-13-14-15-16-17;12*2-1(3,4)5;;;;;;;;;/h3*2-17H2,1H3;;;;;;;;;;;;;9*1H3/q;;;12*-1;;;;;;;;;/p+12. The number of quaternary nitrogens is 12. The van der Waals surface area contributed by atoms with Crippen LogP contribution in [-0.2, 0) is 0 Å². The molecule has 0 atom stereocenters. The quantitative estimate of drug-likeness (QED) is 0.0154. The zero-order valence-electron chi connectivity index (χ0n) is 71.0. The number of hydrogen-bond acceptors (Lipinski definition) is 0. The number of unbranched alkanes of at least 4 members (excludes halogenated alkanes) is 39. The van der Waals surface area contributed by atoms with Crippen molar-refractivity contribution < 1.29 is 224 Å². The molecule has 0 rings (SSSR count). The Hall–Kier alpha value is -3.06. The van der Waals surface area contributed by atoms with Gasteiger partial charge in [0.2, 0.25) is 0 Å². The highest BCUT2D eigenvalue weighted by atomic mass is 19.5. The Morgan fingerprint density at radius 2 is 0.150 bits per heavy atom. The first kappa shape index (κ1) is 182. The molecule has 0 bridgehead atoms. The van der Waals surface area contributed by atoms with Gasteiger partial charge >= 0.3 is 87.1 Å². The first-order valence-electron chi connectivity index (χ1n) is 35.1. The third-order valence-electron chi connectivity index (χ3n) is 10.8. The predicted molar refractivity (Wildman–Crippen MR) is 410 cm³/mol. The first-order valence-corrected chi connectivity index (χ1v) is 35.1. The molecule has 0 amide bonds. The maximum absolute atomic E-state index is 9.75. The van der Waals surface area contributed by atoms with E-state index in [9.17, 15) is 207 Å². The molecule has 0 aliphatic heterocycles. The van der Waals surface area contributed by atoms with E-state index < -0.39 is 87.1 Å². The Balaban J connectivity index is -0.0000000385. The fourth-order valence-electron chi connectivity index (χ4n) is 7.11. The molecule has 768 valence electrons. The van der Waals surface area contributed by atoms with Gasteiger partial charge in [0.15, 0.2) is 0 Å². The monoisotopic (exact) mass is 1930 g/mol. The summed E-state index contributed by atoms with van der Waals surface area (Å²) in [5.74, 6) is 0. The van der Waals surface area contributed by atoms with E-state index in [1.165, 1.54) is 270 Å². The lowest BCUT2D eigenvalue weighted by atomic mass is 10.0. The van der Waals surface area contributed by atoms with Crippen LogP contribution in [0.3, 0.4) is 0 Å². The summed E-state index contributed by atoms with van der Waals surface area (Å²) in [5, 5.41) is 0. The van der Waals surface area contributed by atoms with Gasteiger partial charge in [-0.05, 0) is 38.5 Å². The Bertz CT molecular complexity index is 1260. The molecule has 0 fully saturated rings. The van der Waals surface area contributed by atoms with Crippen LogP contribution in [0.1, 0.15) is 290 Å². The van der Waals surface area contributed by atoms with Crippen LogP contribution in [0.5, 0.6) is 0 Å². The van der Waals surface area contributed by atoms with Gasteiger partial charge in [-0.3, -0.25) is 0 Å². The van der Waals surface area contributed by atoms with Crippen molar-refractivity contribution in [3.8, 4) is 0 Å². The zero-order chi connectivity index (χ0) is 91.8. The molecule has 72 heteroatoms. The summed E-state index contributed by atoms with van der Waals surface area (Å²) < 4.78 is 468. The molecule has 0 aromatic carbocycles. The molecule has 0 heterocycles. The van der Waals surface area contributed by atoms with Crippen molar-refractivity contribution in [3.63, 3.8) is 0 Å². The highest BCUT2D eigenvalue weighted by Crippen LogP contribution is 2.18. The van der Waals surface area contributed by atoms with Crippen LogP contribution in [0.25, 0.3) is 0 Å². The van der Waals surface area contributed by atoms with Crippen LogP contribution < -0.4 is 72.6 Å². The van der Waals surface area contributed by atoms with E-state index in [0.717, 1.165) is 19.6 Å². The molecule has 0 aromatic heterocycles. The topological polar surface area (TPSA) is 411 Å². The Labute approximate surface area is 675 Å². The van der Waals surface area contributed by atoms with Crippen LogP contribution in [0.2, 0.25) is 0 Å². The summed E-state index contributed by atoms with van der Waals surface area (Å²) in [6.07, 6.45) is 60.6. The molecular weight excluding hydrogens is 1790 g/mol. The van der Waals surface area contributed by atoms with Crippen molar-refractivity contribution in [3.05, 3.63) is 0 Å². The Morgan fingerprint density at radius 1 is 0.108 bits per heavy atom. The maximum Gasteiger partial charge on any atom is 0.673 e. The smallest absolute Gasteiger partial charge is 0.418 e. The summed E-state index contributed by atoms with van der Waals surface area (Å²) >= 11 is 0. The van der Waals surface area contributed by atoms with E-state index >= 15 is 0 Å². The summed E-state index contributed by atoms with van der Waals surface area (Å²) in [5.41, 5.74) is 11.6. The van der Waals surface area contributed by atoms with E-state index in [0.29, 0.717) is 0 Å². The first-order chi connectivity index (χ1) is 49.2. The van der Waals surface area contributed by atoms with Crippen LogP contribution >= 0.6 is 0 Å². The Morgan fingerprint density at radius 3 is 0.192 bits per heavy atom. The van der Waals surface area contributed by atoms with Gasteiger partial charge in [0, 0.05) is 0 Å². The third-order valence-corrected chi connectivity index (χ3v) is 10.8. The van der Waals surface area contributed by atoms with Crippen LogP contribution in [-0.4, -0.2) is 107 Å². The normalized spacial score (nSPS) is 10.7. The summed E-state index contributed by atoms with van der Waals surface area (Å²) in [4.78, 5) is 0. The minimum Gasteiger partial charge on any atom is -0.418 e. The van der Waals surface area contributed by atoms with Crippen molar-refractivity contribution in [1.82, 2.24) is 55.4 Å². The molecule has 0 aliphatic carbocycles. The maximum atomic E-state index is 9.75. The Kier molecular flexibility index (Phi) is 179. The van der Waals surface area contributed by atoms with Crippen LogP contribution in [0.15, 0.2) is 0 Å². The highest BCUT2D eigenvalue weighted by Gasteiger charge is 2.25. The van der Waals surface area contributed by atoms with Crippen LogP contribution in [0, 0.1) is 0 Å². The SMILES string of the molecule is CCCCCCCCCCCCCCCC[NH3+].CCCCCCCCCCCCCCCC[NH3+].CCCCCCCCCCCCCCCC[NH3+].F[B-](F)(F)F.F[B-](F)(F)F.F[B-](F)(F)F.F[B-](F)(F)F.F[B-](F)(F)F.F[B-](F)(F)F.F[B-](F)(F)F.F[B-](F)(F)F.F[B-](F)(F)F.F[B-](F)(F)F.F[B-](F)(F)F.F[B-](F)(F)F.[NH4+].[NH4+].[NH4+].[NH4+].[NH4+].[NH4+].[NH4+].[NH4+].[NH4+]. The van der Waals surface area contributed by atoms with Gasteiger partial charge in [-0.1, -0.05) is 252 Å². The van der Waals surface area contributed by atoms with Crippen molar-refractivity contribution in [2.45, 2.75) is 290 Å². The molecule has 0 saturated heterocycles. The van der Waals surface area contributed by atoms with Crippen molar-refractivity contribution in [1.29, 1.82) is 0 Å². The molecule has 12 nitrogen and oxygen atoms in total. The van der Waals surface area contributed by atoms with Gasteiger partial charge in [0.25, 0.3) is 0 Å². The molecule has 0 radical (unpaired) electrons. The third kappa shape index (κ3) is 984. The van der Waals surface area contributed by atoms with E-state index in [2.05, 4.69) is 38.0 Å². The van der Waals surface area contributed by atoms with E-state index in [1.54, 1.807) is 0 Å². The second-order valence-electron chi connectivity index (χ2n) is 22.3. The van der Waals surface area contributed by atoms with Gasteiger partial charge in [-0.15, -0.1) is 0 Å². The molecule has 0 saturated carbocycles. The molecular formula is C48H144B12F48N12. The van der Waals surface area contributed by atoms with Gasteiger partial charge in [-0.25, -0.2) is 0 Å². The summed E-state index contributed by atoms with van der Waals surface area (Å²) in [6.45, 7) is 10.2. The lowest BCUT2D eigenvalue weighted by Gasteiger charge is -2.02. The fraction of sp³-hybridized carbons (Fsp3) is 1.00. The number of halogens is 48. The molecule has 45 N–H and O–H groups in total. The van der Waals surface area contributed by atoms with Gasteiger partial charge in [-0.2, -0.15) is 0 Å². The van der Waals surface area contributed by atoms with Crippen molar-refractivity contribution in [2.24, 2.45) is 0 Å². The molecule has 0 aromatic rings. The number of rotatable bonds is 42. The average molecular weight is 1930 g/mol. The fourth-order valence-corrected chi connectivity index (χ4v) is 7.11. The lowest BCUT2D eigenvalue weighted by molar-refractivity contribution is -0.368. The van der Waals surface area contributed by atoms with Crippen molar-refractivity contribution >= 4 is 87.1 Å². The summed E-state index contributed by atoms with van der Waals surface area (Å²) in [6, 6.07) is 0. The minimum atomic E-state index is -6.00. The molecule has 0 spiro atoms. The van der Waals surface area contributed by atoms with Gasteiger partial charge < -0.3 is 280 Å². The van der Waals surface area contributed by atoms with Crippen LogP contribution in [0.4, 0.5) is 207 Å². The highest BCUT2D eigenvalue weighted by molar-refractivity contribution is 6.53. The van der Waals surface area contributed by atoms with E-state index in [4.69, 9.17) is 0 Å². The zero-order valence-corrected chi connectivity index (χ0v) is 71.0. The second kappa shape index (κ2) is 118. The average Bonchev–Trinajstić information content (AvgIpc) is 1.10. The molecule has 0 unspecified atom stereocenters. The second-order valence-corrected chi connectivity index (χ2v) is 22.3.